The van der Waals surface area contributed by atoms with Gasteiger partial charge in [-0.15, -0.1) is 0 Å². The van der Waals surface area contributed by atoms with Gasteiger partial charge in [-0.25, -0.2) is 9.69 Å². The van der Waals surface area contributed by atoms with Crippen LogP contribution in [0.15, 0.2) is 48.5 Å². The third kappa shape index (κ3) is 2.55. The molecule has 4 amide bonds. The van der Waals surface area contributed by atoms with Crippen LogP contribution in [-0.2, 0) is 0 Å². The summed E-state index contributed by atoms with van der Waals surface area (Å²) < 4.78 is 0. The highest BCUT2D eigenvalue weighted by atomic mass is 16.2. The minimum atomic E-state index is -0.337. The molecule has 0 bridgehead atoms. The van der Waals surface area contributed by atoms with E-state index in [2.05, 4.69) is 5.32 Å². The Bertz CT molecular complexity index is 762. The van der Waals surface area contributed by atoms with Crippen molar-refractivity contribution in [1.29, 1.82) is 0 Å². The Hall–Kier alpha value is -3.15. The van der Waals surface area contributed by atoms with Crippen LogP contribution >= 0.6 is 0 Å². The molecule has 0 atom stereocenters. The van der Waals surface area contributed by atoms with Crippen molar-refractivity contribution in [2.45, 2.75) is 0 Å². The Kier molecular flexibility index (Phi) is 3.57. The van der Waals surface area contributed by atoms with E-state index in [9.17, 15) is 14.4 Å². The lowest BCUT2D eigenvalue weighted by atomic mass is 10.1. The molecule has 6 heteroatoms. The van der Waals surface area contributed by atoms with Crippen molar-refractivity contribution < 1.29 is 14.4 Å². The molecule has 0 spiro atoms. The Labute approximate surface area is 133 Å². The third-order valence-electron chi connectivity index (χ3n) is 3.58. The zero-order valence-corrected chi connectivity index (χ0v) is 12.7. The van der Waals surface area contributed by atoms with Crippen LogP contribution in [0.1, 0.15) is 20.7 Å². The number of amides is 4. The molecule has 0 radical (unpaired) electrons. The van der Waals surface area contributed by atoms with E-state index in [1.807, 2.05) is 0 Å². The van der Waals surface area contributed by atoms with Crippen molar-refractivity contribution >= 4 is 29.2 Å². The van der Waals surface area contributed by atoms with Gasteiger partial charge in [-0.2, -0.15) is 0 Å². The number of fused-ring (bicyclic) bond motifs is 1. The molecule has 0 aromatic heterocycles. The van der Waals surface area contributed by atoms with E-state index >= 15 is 0 Å². The van der Waals surface area contributed by atoms with Gasteiger partial charge in [-0.05, 0) is 36.4 Å². The van der Waals surface area contributed by atoms with E-state index in [0.29, 0.717) is 22.5 Å². The summed E-state index contributed by atoms with van der Waals surface area (Å²) in [5.41, 5.74) is 1.87. The van der Waals surface area contributed by atoms with Crippen LogP contribution in [0.25, 0.3) is 0 Å². The molecule has 0 saturated heterocycles. The first kappa shape index (κ1) is 14.8. The summed E-state index contributed by atoms with van der Waals surface area (Å²) in [6.45, 7) is 0. The Balaban J connectivity index is 1.85. The van der Waals surface area contributed by atoms with Crippen molar-refractivity contribution in [2.24, 2.45) is 0 Å². The van der Waals surface area contributed by atoms with Crippen LogP contribution in [0.2, 0.25) is 0 Å². The number of benzene rings is 2. The van der Waals surface area contributed by atoms with Crippen LogP contribution < -0.4 is 10.2 Å². The van der Waals surface area contributed by atoms with Crippen LogP contribution in [0.4, 0.5) is 16.2 Å². The van der Waals surface area contributed by atoms with Gasteiger partial charge in [-0.1, -0.05) is 12.1 Å². The molecular weight excluding hydrogens is 294 g/mol. The molecule has 3 rings (SSSR count). The first-order valence-electron chi connectivity index (χ1n) is 7.05. The third-order valence-corrected chi connectivity index (χ3v) is 3.58. The Morgan fingerprint density at radius 2 is 1.43 bits per heavy atom. The highest BCUT2D eigenvalue weighted by Gasteiger charge is 2.36. The fraction of sp³-hybridized carbons (Fsp3) is 0.118. The first-order chi connectivity index (χ1) is 11.0. The molecule has 1 aliphatic heterocycles. The maximum absolute atomic E-state index is 12.4. The number of urea groups is 1. The lowest BCUT2D eigenvalue weighted by molar-refractivity contribution is 0.0926. The number of nitrogens with zero attached hydrogens (tertiary/aromatic N) is 2. The summed E-state index contributed by atoms with van der Waals surface area (Å²) in [6.07, 6.45) is 0. The lowest BCUT2D eigenvalue weighted by Gasteiger charge is -2.15. The molecule has 1 heterocycles. The zero-order valence-electron chi connectivity index (χ0n) is 12.7. The SMILES string of the molecule is CN(C)C(=O)Nc1ccc(N2C(=O)c3ccccc3C2=O)cc1. The molecule has 0 aliphatic carbocycles. The molecule has 23 heavy (non-hydrogen) atoms. The lowest BCUT2D eigenvalue weighted by Crippen LogP contribution is -2.29. The minimum absolute atomic E-state index is 0.251. The van der Waals surface area contributed by atoms with Gasteiger partial charge >= 0.3 is 6.03 Å². The summed E-state index contributed by atoms with van der Waals surface area (Å²) in [5.74, 6) is -0.675. The molecule has 2 aromatic rings. The second kappa shape index (κ2) is 5.57. The van der Waals surface area contributed by atoms with Crippen LogP contribution in [0.5, 0.6) is 0 Å². The molecular formula is C17H15N3O3. The Morgan fingerprint density at radius 3 is 1.91 bits per heavy atom. The van der Waals surface area contributed by atoms with Crippen molar-refractivity contribution in [3.05, 3.63) is 59.7 Å². The number of hydrogen-bond donors (Lipinski definition) is 1. The van der Waals surface area contributed by atoms with Gasteiger partial charge in [0.05, 0.1) is 16.8 Å². The molecule has 0 unspecified atom stereocenters. The van der Waals surface area contributed by atoms with E-state index in [1.54, 1.807) is 62.6 Å². The number of anilines is 2. The fourth-order valence-electron chi connectivity index (χ4n) is 2.35. The van der Waals surface area contributed by atoms with E-state index in [0.717, 1.165) is 4.90 Å². The maximum atomic E-state index is 12.4. The second-order valence-electron chi connectivity index (χ2n) is 5.36. The Morgan fingerprint density at radius 1 is 0.913 bits per heavy atom. The average Bonchev–Trinajstić information content (AvgIpc) is 2.80. The smallest absolute Gasteiger partial charge is 0.321 e. The van der Waals surface area contributed by atoms with Crippen LogP contribution in [0, 0.1) is 0 Å². The van der Waals surface area contributed by atoms with Gasteiger partial charge in [0, 0.05) is 19.8 Å². The normalized spacial score (nSPS) is 13.0. The summed E-state index contributed by atoms with van der Waals surface area (Å²) in [4.78, 5) is 38.9. The average molecular weight is 309 g/mol. The fourth-order valence-corrected chi connectivity index (χ4v) is 2.35. The molecule has 1 aliphatic rings. The largest absolute Gasteiger partial charge is 0.331 e. The number of nitrogens with one attached hydrogen (secondary N) is 1. The van der Waals surface area contributed by atoms with Gasteiger partial charge in [0.2, 0.25) is 0 Å². The molecule has 0 saturated carbocycles. The van der Waals surface area contributed by atoms with E-state index in [-0.39, 0.29) is 17.8 Å². The molecule has 116 valence electrons. The van der Waals surface area contributed by atoms with E-state index in [1.165, 1.54) is 4.90 Å². The summed E-state index contributed by atoms with van der Waals surface area (Å²) >= 11 is 0. The second-order valence-corrected chi connectivity index (χ2v) is 5.36. The monoisotopic (exact) mass is 309 g/mol. The molecule has 6 nitrogen and oxygen atoms in total. The number of rotatable bonds is 2. The van der Waals surface area contributed by atoms with Crippen molar-refractivity contribution in [3.63, 3.8) is 0 Å². The first-order valence-corrected chi connectivity index (χ1v) is 7.05. The molecule has 0 fully saturated rings. The van der Waals surface area contributed by atoms with Gasteiger partial charge in [-0.3, -0.25) is 9.59 Å². The van der Waals surface area contributed by atoms with Crippen molar-refractivity contribution in [1.82, 2.24) is 4.90 Å². The van der Waals surface area contributed by atoms with E-state index < -0.39 is 0 Å². The predicted molar refractivity (Wildman–Crippen MR) is 86.7 cm³/mol. The minimum Gasteiger partial charge on any atom is -0.331 e. The number of hydrogen-bond acceptors (Lipinski definition) is 3. The van der Waals surface area contributed by atoms with Crippen LogP contribution in [-0.4, -0.2) is 36.8 Å². The topological polar surface area (TPSA) is 69.7 Å². The molecule has 2 aromatic carbocycles. The summed E-state index contributed by atoms with van der Waals surface area (Å²) in [7, 11) is 3.28. The van der Waals surface area contributed by atoms with Crippen molar-refractivity contribution in [2.75, 3.05) is 24.3 Å². The summed E-state index contributed by atoms with van der Waals surface area (Å²) in [5, 5.41) is 2.70. The van der Waals surface area contributed by atoms with Gasteiger partial charge in [0.1, 0.15) is 0 Å². The van der Waals surface area contributed by atoms with Crippen molar-refractivity contribution in [3.8, 4) is 0 Å². The number of carbonyl (C=O) groups is 3. The highest BCUT2D eigenvalue weighted by molar-refractivity contribution is 6.34. The standard InChI is InChI=1S/C17H15N3O3/c1-19(2)17(23)18-11-7-9-12(10-8-11)20-15(21)13-5-3-4-6-14(13)16(20)22/h3-10H,1-2H3,(H,18,23). The van der Waals surface area contributed by atoms with Gasteiger partial charge < -0.3 is 10.2 Å². The van der Waals surface area contributed by atoms with Gasteiger partial charge in [0.15, 0.2) is 0 Å². The summed E-state index contributed by atoms with van der Waals surface area (Å²) in [6, 6.07) is 13.1. The predicted octanol–water partition coefficient (Wildman–Crippen LogP) is 2.58. The maximum Gasteiger partial charge on any atom is 0.321 e. The highest BCUT2D eigenvalue weighted by Crippen LogP contribution is 2.28. The van der Waals surface area contributed by atoms with E-state index in [4.69, 9.17) is 0 Å². The van der Waals surface area contributed by atoms with Gasteiger partial charge in [0.25, 0.3) is 11.8 Å². The quantitative estimate of drug-likeness (QED) is 0.867. The molecule has 1 N–H and O–H groups in total. The number of imide groups is 1. The number of carbonyl (C=O) groups excluding carboxylic acids is 3. The van der Waals surface area contributed by atoms with Crippen LogP contribution in [0.3, 0.4) is 0 Å². The zero-order chi connectivity index (χ0) is 16.6.